The fourth-order valence-corrected chi connectivity index (χ4v) is 4.46. The maximum absolute atomic E-state index is 13.1. The maximum Gasteiger partial charge on any atom is 0.222 e. The van der Waals surface area contributed by atoms with Gasteiger partial charge < -0.3 is 18.9 Å². The van der Waals surface area contributed by atoms with Crippen LogP contribution in [-0.2, 0) is 19.4 Å². The number of aromatic nitrogens is 5. The molecule has 49 heavy (non-hydrogen) atoms. The number of methoxy groups -OCH3 is 2. The van der Waals surface area contributed by atoms with E-state index in [0.717, 1.165) is 49.9 Å². The van der Waals surface area contributed by atoms with Crippen molar-refractivity contribution in [3.05, 3.63) is 108 Å². The summed E-state index contributed by atoms with van der Waals surface area (Å²) in [6.45, 7) is 1.58. The molecule has 6 rings (SSSR count). The van der Waals surface area contributed by atoms with Gasteiger partial charge in [0.1, 0.15) is 19.0 Å². The van der Waals surface area contributed by atoms with E-state index in [1.807, 2.05) is 24.3 Å². The molecule has 0 atom stereocenters. The number of hydrogen-bond acceptors (Lipinski definition) is 10. The van der Waals surface area contributed by atoms with E-state index in [2.05, 4.69) is 30.0 Å². The Bertz CT molecular complexity index is 1780. The Balaban J connectivity index is 0.000000195. The molecule has 0 aliphatic carbocycles. The monoisotopic (exact) mass is 691 g/mol. The predicted molar refractivity (Wildman–Crippen MR) is 184 cm³/mol. The minimum atomic E-state index is -0.587. The summed E-state index contributed by atoms with van der Waals surface area (Å²) in [5, 5.41) is 4.07. The van der Waals surface area contributed by atoms with Crippen LogP contribution in [0.3, 0.4) is 0 Å². The zero-order valence-corrected chi connectivity index (χ0v) is 27.8. The molecule has 0 saturated heterocycles. The number of benzene rings is 2. The Morgan fingerprint density at radius 2 is 1.35 bits per heavy atom. The summed E-state index contributed by atoms with van der Waals surface area (Å²) in [7, 11) is 3.13. The molecule has 4 heterocycles. The normalized spacial score (nSPS) is 11.2. The Morgan fingerprint density at radius 1 is 0.755 bits per heavy atom. The summed E-state index contributed by atoms with van der Waals surface area (Å²) in [6.07, 6.45) is 10.1. The molecule has 2 aromatic carbocycles. The highest BCUT2D eigenvalue weighted by molar-refractivity contribution is 6.17. The highest BCUT2D eigenvalue weighted by Crippen LogP contribution is 2.33. The summed E-state index contributed by atoms with van der Waals surface area (Å²) < 4.78 is 49.8. The highest BCUT2D eigenvalue weighted by Gasteiger charge is 2.10. The van der Waals surface area contributed by atoms with E-state index < -0.39 is 11.9 Å². The minimum absolute atomic E-state index is 0.187. The summed E-state index contributed by atoms with van der Waals surface area (Å²) in [5.41, 5.74) is 2.23. The summed E-state index contributed by atoms with van der Waals surface area (Å²) in [4.78, 5) is 18.7. The molecule has 5 aromatic rings. The molecule has 0 radical (unpaired) electrons. The van der Waals surface area contributed by atoms with E-state index in [1.165, 1.54) is 18.5 Å². The van der Waals surface area contributed by atoms with Crippen molar-refractivity contribution in [3.8, 4) is 34.8 Å². The first-order valence-corrected chi connectivity index (χ1v) is 15.8. The second kappa shape index (κ2) is 20.1. The van der Waals surface area contributed by atoms with Crippen molar-refractivity contribution in [2.75, 3.05) is 26.6 Å². The number of pyridine rings is 2. The first kappa shape index (κ1) is 36.4. The molecule has 0 spiro atoms. The van der Waals surface area contributed by atoms with Crippen molar-refractivity contribution in [2.24, 2.45) is 9.98 Å². The number of ether oxygens (including phenoxy) is 4. The number of nitrogens with zero attached hydrogens (tertiary/aromatic N) is 7. The number of alkyl halides is 1. The third-order valence-electron chi connectivity index (χ3n) is 6.62. The highest BCUT2D eigenvalue weighted by atomic mass is 35.5. The van der Waals surface area contributed by atoms with Crippen LogP contribution in [0.2, 0.25) is 0 Å². The number of halogens is 3. The van der Waals surface area contributed by atoms with E-state index in [4.69, 9.17) is 30.5 Å². The molecule has 0 saturated carbocycles. The van der Waals surface area contributed by atoms with Crippen molar-refractivity contribution in [1.82, 2.24) is 24.7 Å². The zero-order chi connectivity index (χ0) is 34.7. The van der Waals surface area contributed by atoms with E-state index in [-0.39, 0.29) is 11.8 Å². The van der Waals surface area contributed by atoms with E-state index in [0.29, 0.717) is 28.9 Å². The molecule has 0 bridgehead atoms. The lowest BCUT2D eigenvalue weighted by Crippen LogP contribution is -2.00. The third kappa shape index (κ3) is 12.6. The average Bonchev–Trinajstić information content (AvgIpc) is 3.87. The SMILES string of the molecule is C1=NC=NC1.COc1cc(CCCCl)ccc1Oc1cccc(F)n1.COc1cc(CCCn2cncn2)ccc1Oc1cccc(F)n1. The molecular weight excluding hydrogens is 656 g/mol. The molecule has 0 fully saturated rings. The molecule has 0 amide bonds. The van der Waals surface area contributed by atoms with Gasteiger partial charge in [-0.2, -0.15) is 23.8 Å². The van der Waals surface area contributed by atoms with Crippen molar-refractivity contribution >= 4 is 24.2 Å². The molecular formula is C35H36ClF2N7O4. The van der Waals surface area contributed by atoms with E-state index in [1.54, 1.807) is 74.2 Å². The van der Waals surface area contributed by atoms with Gasteiger partial charge in [0.15, 0.2) is 23.0 Å². The van der Waals surface area contributed by atoms with Crippen molar-refractivity contribution in [1.29, 1.82) is 0 Å². The van der Waals surface area contributed by atoms with Gasteiger partial charge in [0, 0.05) is 30.8 Å². The van der Waals surface area contributed by atoms with Crippen LogP contribution in [0.15, 0.2) is 95.4 Å². The van der Waals surface area contributed by atoms with Crippen LogP contribution in [0, 0.1) is 11.9 Å². The Morgan fingerprint density at radius 3 is 1.78 bits per heavy atom. The number of rotatable bonds is 13. The molecule has 1 aliphatic heterocycles. The average molecular weight is 692 g/mol. The molecule has 11 nitrogen and oxygen atoms in total. The molecule has 0 unspecified atom stereocenters. The summed E-state index contributed by atoms with van der Waals surface area (Å²) in [5.74, 6) is 1.99. The lowest BCUT2D eigenvalue weighted by molar-refractivity contribution is 0.370. The lowest BCUT2D eigenvalue weighted by Gasteiger charge is -2.11. The molecule has 3 aromatic heterocycles. The van der Waals surface area contributed by atoms with Crippen LogP contribution >= 0.6 is 11.6 Å². The Labute approximate surface area is 288 Å². The van der Waals surface area contributed by atoms with Crippen molar-refractivity contribution in [3.63, 3.8) is 0 Å². The molecule has 1 aliphatic rings. The third-order valence-corrected chi connectivity index (χ3v) is 6.89. The largest absolute Gasteiger partial charge is 0.493 e. The van der Waals surface area contributed by atoms with E-state index >= 15 is 0 Å². The first-order valence-electron chi connectivity index (χ1n) is 15.3. The lowest BCUT2D eigenvalue weighted by atomic mass is 10.1. The van der Waals surface area contributed by atoms with Crippen molar-refractivity contribution in [2.45, 2.75) is 32.2 Å². The second-order valence-corrected chi connectivity index (χ2v) is 10.5. The van der Waals surface area contributed by atoms with E-state index in [9.17, 15) is 8.78 Å². The Hall–Kier alpha value is -5.43. The van der Waals surface area contributed by atoms with Gasteiger partial charge in [0.2, 0.25) is 23.7 Å². The molecule has 256 valence electrons. The zero-order valence-electron chi connectivity index (χ0n) is 27.1. The second-order valence-electron chi connectivity index (χ2n) is 10.1. The molecule has 0 N–H and O–H groups in total. The first-order chi connectivity index (χ1) is 24.0. The number of hydrogen-bond donors (Lipinski definition) is 0. The fourth-order valence-electron chi connectivity index (χ4n) is 4.32. The predicted octanol–water partition coefficient (Wildman–Crippen LogP) is 7.54. The topological polar surface area (TPSA) is 118 Å². The van der Waals surface area contributed by atoms with Gasteiger partial charge in [-0.25, -0.2) is 9.98 Å². The smallest absolute Gasteiger partial charge is 0.222 e. The van der Waals surface area contributed by atoms with Gasteiger partial charge in [-0.3, -0.25) is 9.67 Å². The van der Waals surface area contributed by atoms with Crippen LogP contribution in [0.5, 0.6) is 34.8 Å². The van der Waals surface area contributed by atoms with Gasteiger partial charge in [0.25, 0.3) is 0 Å². The van der Waals surface area contributed by atoms with Gasteiger partial charge in [-0.05, 0) is 73.2 Å². The van der Waals surface area contributed by atoms with Crippen LogP contribution in [0.25, 0.3) is 0 Å². The molecule has 14 heteroatoms. The van der Waals surface area contributed by atoms with Gasteiger partial charge in [-0.1, -0.05) is 24.3 Å². The van der Waals surface area contributed by atoms with Crippen LogP contribution < -0.4 is 18.9 Å². The maximum atomic E-state index is 13.1. The van der Waals surface area contributed by atoms with Gasteiger partial charge >= 0.3 is 0 Å². The quantitative estimate of drug-likeness (QED) is 0.0918. The summed E-state index contributed by atoms with van der Waals surface area (Å²) in [6, 6.07) is 20.1. The Kier molecular flexibility index (Phi) is 14.9. The number of aliphatic imine (C=N–C) groups is 2. The van der Waals surface area contributed by atoms with Crippen LogP contribution in [0.1, 0.15) is 24.0 Å². The minimum Gasteiger partial charge on any atom is -0.493 e. The van der Waals surface area contributed by atoms with Crippen molar-refractivity contribution < 1.29 is 27.7 Å². The van der Waals surface area contributed by atoms with Gasteiger partial charge in [0.05, 0.1) is 20.8 Å². The fraction of sp³-hybridized carbons (Fsp3) is 0.257. The van der Waals surface area contributed by atoms with Gasteiger partial charge in [-0.15, -0.1) is 11.6 Å². The number of aryl methyl sites for hydroxylation is 3. The van der Waals surface area contributed by atoms with Crippen LogP contribution in [0.4, 0.5) is 8.78 Å². The summed E-state index contributed by atoms with van der Waals surface area (Å²) >= 11 is 5.68. The van der Waals surface area contributed by atoms with Crippen LogP contribution in [-0.4, -0.2) is 63.9 Å². The standard InChI is InChI=1S/C17H17FN4O2.C15H15ClFNO2.C3H4N2/c1-23-15-10-13(4-3-9-22-12-19-11-20-22)7-8-14(15)24-17-6-2-5-16(18)21-17;1-19-13-10-11(4-3-9-16)7-8-12(13)20-15-6-2-5-14(17)18-15;1-2-5-3-4-1/h2,5-8,10-12H,3-4,9H2,1H3;2,5-8,10H,3-4,9H2,1H3;1,3H,2H2.